The summed E-state index contributed by atoms with van der Waals surface area (Å²) in [6, 6.07) is 12.5. The van der Waals surface area contributed by atoms with Crippen LogP contribution in [-0.2, 0) is 39.3 Å². The minimum absolute atomic E-state index is 0. The third kappa shape index (κ3) is 4.50. The summed E-state index contributed by atoms with van der Waals surface area (Å²) in [5, 5.41) is 0. The predicted molar refractivity (Wildman–Crippen MR) is 89.1 cm³/mol. The molecule has 0 aliphatic carbocycles. The molecule has 1 heterocycles. The summed E-state index contributed by atoms with van der Waals surface area (Å²) in [7, 11) is 0. The summed E-state index contributed by atoms with van der Waals surface area (Å²) >= 11 is 2.04. The van der Waals surface area contributed by atoms with Crippen LogP contribution in [0.1, 0.15) is 6.92 Å². The number of hydrogen-bond donors (Lipinski definition) is 0. The van der Waals surface area contributed by atoms with Gasteiger partial charge in [0.25, 0.3) is 0 Å². The average Bonchev–Trinajstić information content (AvgIpc) is 2.48. The Labute approximate surface area is 163 Å². The van der Waals surface area contributed by atoms with E-state index in [-0.39, 0.29) is 38.3 Å². The topological polar surface area (TPSA) is 31.2 Å². The number of hydrogen-bond acceptors (Lipinski definition) is 2. The van der Waals surface area contributed by atoms with E-state index in [0.717, 1.165) is 17.0 Å². The van der Waals surface area contributed by atoms with Crippen molar-refractivity contribution in [2.24, 2.45) is 0 Å². The van der Waals surface area contributed by atoms with Crippen molar-refractivity contribution in [3.63, 3.8) is 0 Å². The second-order valence-corrected chi connectivity index (χ2v) is 5.32. The molecule has 1 aromatic carbocycles. The smallest absolute Gasteiger partial charge is 0.207 e. The first-order valence-corrected chi connectivity index (χ1v) is 7.40. The van der Waals surface area contributed by atoms with Crippen molar-refractivity contribution in [2.75, 3.05) is 6.61 Å². The molecule has 0 spiro atoms. The molecule has 0 N–H and O–H groups in total. The SMILES string of the molecule is C=CCOc1ccc(-c2[c-]cc(I)c(=O)n2CC)cc1.[Y]. The molecule has 1 aromatic heterocycles. The molecule has 0 aliphatic heterocycles. The third-order valence-electron chi connectivity index (χ3n) is 2.87. The average molecular weight is 469 g/mol. The van der Waals surface area contributed by atoms with Gasteiger partial charge in [-0.05, 0) is 22.6 Å². The Hall–Kier alpha value is -0.456. The largest absolute Gasteiger partial charge is 0.490 e. The van der Waals surface area contributed by atoms with Crippen molar-refractivity contribution >= 4 is 22.6 Å². The molecule has 21 heavy (non-hydrogen) atoms. The van der Waals surface area contributed by atoms with Gasteiger partial charge < -0.3 is 9.30 Å². The predicted octanol–water partition coefficient (Wildman–Crippen LogP) is 3.50. The molecule has 3 nitrogen and oxygen atoms in total. The molecular formula is C16H15INO2Y-. The van der Waals surface area contributed by atoms with Gasteiger partial charge in [-0.3, -0.25) is 4.79 Å². The summed E-state index contributed by atoms with van der Waals surface area (Å²) in [5.74, 6) is 0.782. The van der Waals surface area contributed by atoms with E-state index in [1.807, 2.05) is 53.8 Å². The second-order valence-electron chi connectivity index (χ2n) is 4.16. The van der Waals surface area contributed by atoms with Gasteiger partial charge in [0.05, 0.1) is 0 Å². The first-order chi connectivity index (χ1) is 9.67. The first kappa shape index (κ1) is 18.6. The maximum absolute atomic E-state index is 12.1. The molecule has 0 aliphatic rings. The Balaban J connectivity index is 0.00000220. The van der Waals surface area contributed by atoms with E-state index in [2.05, 4.69) is 12.6 Å². The van der Waals surface area contributed by atoms with E-state index in [0.29, 0.717) is 16.7 Å². The minimum Gasteiger partial charge on any atom is -0.490 e. The normalized spacial score (nSPS) is 9.81. The fourth-order valence-corrected chi connectivity index (χ4v) is 2.35. The Morgan fingerprint density at radius 2 is 2.05 bits per heavy atom. The summed E-state index contributed by atoms with van der Waals surface area (Å²) < 4.78 is 7.85. The minimum atomic E-state index is 0. The van der Waals surface area contributed by atoms with Crippen molar-refractivity contribution in [3.05, 3.63) is 63.0 Å². The van der Waals surface area contributed by atoms with Crippen LogP contribution >= 0.6 is 22.6 Å². The van der Waals surface area contributed by atoms with E-state index < -0.39 is 0 Å². The van der Waals surface area contributed by atoms with Gasteiger partial charge in [0.2, 0.25) is 5.56 Å². The van der Waals surface area contributed by atoms with E-state index in [4.69, 9.17) is 4.74 Å². The molecule has 107 valence electrons. The van der Waals surface area contributed by atoms with Gasteiger partial charge in [-0.1, -0.05) is 23.9 Å². The van der Waals surface area contributed by atoms with Crippen molar-refractivity contribution in [1.82, 2.24) is 4.57 Å². The standard InChI is InChI=1S/C16H15INO2.Y/c1-3-11-20-13-7-5-12(6-8-13)15-10-9-14(17)16(19)18(15)4-2;/h3,5-9H,1,4,11H2,2H3;/q-1;. The number of aromatic nitrogens is 1. The molecule has 0 atom stereocenters. The number of ether oxygens (including phenoxy) is 1. The van der Waals surface area contributed by atoms with Gasteiger partial charge in [0.15, 0.2) is 0 Å². The molecule has 5 heteroatoms. The molecule has 0 fully saturated rings. The van der Waals surface area contributed by atoms with Crippen molar-refractivity contribution in [3.8, 4) is 17.0 Å². The van der Waals surface area contributed by atoms with Crippen LogP contribution in [0, 0.1) is 9.64 Å². The van der Waals surface area contributed by atoms with Gasteiger partial charge in [0, 0.05) is 39.3 Å². The van der Waals surface area contributed by atoms with Crippen molar-refractivity contribution in [2.45, 2.75) is 13.5 Å². The molecular weight excluding hydrogens is 454 g/mol. The maximum Gasteiger partial charge on any atom is 0.207 e. The fraction of sp³-hybridized carbons (Fsp3) is 0.188. The molecule has 0 bridgehead atoms. The summed E-state index contributed by atoms with van der Waals surface area (Å²) in [6.07, 6.45) is 1.70. The maximum atomic E-state index is 12.1. The molecule has 0 unspecified atom stereocenters. The van der Waals surface area contributed by atoms with Gasteiger partial charge in [-0.2, -0.15) is 12.1 Å². The number of halogens is 1. The summed E-state index contributed by atoms with van der Waals surface area (Å²) in [6.45, 7) is 6.67. The Morgan fingerprint density at radius 1 is 1.38 bits per heavy atom. The molecule has 0 saturated carbocycles. The van der Waals surface area contributed by atoms with Crippen molar-refractivity contribution in [1.29, 1.82) is 0 Å². The molecule has 0 saturated heterocycles. The fourth-order valence-electron chi connectivity index (χ4n) is 1.91. The van der Waals surface area contributed by atoms with E-state index in [9.17, 15) is 4.79 Å². The van der Waals surface area contributed by atoms with Crippen LogP contribution < -0.4 is 10.3 Å². The van der Waals surface area contributed by atoms with Crippen LogP contribution in [0.4, 0.5) is 0 Å². The molecule has 0 amide bonds. The molecule has 2 aromatic rings. The van der Waals surface area contributed by atoms with E-state index in [1.54, 1.807) is 16.7 Å². The first-order valence-electron chi connectivity index (χ1n) is 6.32. The Bertz CT molecular complexity index is 665. The van der Waals surface area contributed by atoms with Gasteiger partial charge in [-0.25, -0.2) is 0 Å². The molecule has 1 radical (unpaired) electrons. The van der Waals surface area contributed by atoms with Crippen molar-refractivity contribution < 1.29 is 37.4 Å². The van der Waals surface area contributed by atoms with Crippen LogP contribution in [-0.4, -0.2) is 11.2 Å². The van der Waals surface area contributed by atoms with Crippen LogP contribution in [0.2, 0.25) is 0 Å². The van der Waals surface area contributed by atoms with Gasteiger partial charge in [0.1, 0.15) is 12.4 Å². The van der Waals surface area contributed by atoms with Crippen LogP contribution in [0.3, 0.4) is 0 Å². The van der Waals surface area contributed by atoms with Crippen LogP contribution in [0.25, 0.3) is 11.3 Å². The Morgan fingerprint density at radius 3 is 2.62 bits per heavy atom. The summed E-state index contributed by atoms with van der Waals surface area (Å²) in [4.78, 5) is 12.1. The number of rotatable bonds is 5. The second kappa shape index (κ2) is 8.86. The zero-order valence-corrected chi connectivity index (χ0v) is 16.8. The third-order valence-corrected chi connectivity index (χ3v) is 3.64. The van der Waals surface area contributed by atoms with Gasteiger partial charge in [-0.15, -0.1) is 34.7 Å². The van der Waals surface area contributed by atoms with Crippen LogP contribution in [0.5, 0.6) is 5.75 Å². The number of pyridine rings is 1. The van der Waals surface area contributed by atoms with Gasteiger partial charge >= 0.3 is 0 Å². The van der Waals surface area contributed by atoms with Crippen LogP contribution in [0.15, 0.2) is 47.8 Å². The quantitative estimate of drug-likeness (QED) is 0.382. The van der Waals surface area contributed by atoms with E-state index >= 15 is 0 Å². The Kier molecular flexibility index (Phi) is 7.84. The molecule has 2 rings (SSSR count). The monoisotopic (exact) mass is 469 g/mol. The number of nitrogens with zero attached hydrogens (tertiary/aromatic N) is 1. The number of benzene rings is 1. The zero-order chi connectivity index (χ0) is 14.5. The summed E-state index contributed by atoms with van der Waals surface area (Å²) in [5.41, 5.74) is 1.77. The zero-order valence-electron chi connectivity index (χ0n) is 11.8. The van der Waals surface area contributed by atoms with E-state index in [1.165, 1.54) is 0 Å².